The third-order valence-electron chi connectivity index (χ3n) is 3.56. The summed E-state index contributed by atoms with van der Waals surface area (Å²) in [6.45, 7) is 0. The minimum Gasteiger partial charge on any atom is -0.398 e. The third-order valence-corrected chi connectivity index (χ3v) is 3.79. The van der Waals surface area contributed by atoms with Gasteiger partial charge in [0.2, 0.25) is 0 Å². The number of rotatable bonds is 3. The first-order valence-corrected chi connectivity index (χ1v) is 7.47. The summed E-state index contributed by atoms with van der Waals surface area (Å²) in [5.41, 5.74) is 7.62. The number of hydrogen-bond acceptors (Lipinski definition) is 2. The minimum absolute atomic E-state index is 0.343. The molecule has 1 aromatic heterocycles. The molecular formula is C17H13ClF3N3. The summed E-state index contributed by atoms with van der Waals surface area (Å²) in [6.07, 6.45) is -2.33. The first kappa shape index (κ1) is 16.4. The summed E-state index contributed by atoms with van der Waals surface area (Å²) >= 11 is 5.96. The second kappa shape index (κ2) is 6.20. The lowest BCUT2D eigenvalue weighted by Crippen LogP contribution is -2.06. The van der Waals surface area contributed by atoms with Crippen molar-refractivity contribution in [2.75, 3.05) is 5.73 Å². The van der Waals surface area contributed by atoms with Crippen molar-refractivity contribution in [1.29, 1.82) is 0 Å². The van der Waals surface area contributed by atoms with E-state index >= 15 is 0 Å². The van der Waals surface area contributed by atoms with Crippen LogP contribution in [0, 0.1) is 0 Å². The topological polar surface area (TPSA) is 43.8 Å². The van der Waals surface area contributed by atoms with E-state index in [2.05, 4.69) is 5.10 Å². The molecule has 0 radical (unpaired) electrons. The van der Waals surface area contributed by atoms with E-state index in [0.29, 0.717) is 28.5 Å². The van der Waals surface area contributed by atoms with Gasteiger partial charge in [0, 0.05) is 23.3 Å². The van der Waals surface area contributed by atoms with Crippen LogP contribution in [0.1, 0.15) is 16.8 Å². The van der Waals surface area contributed by atoms with Gasteiger partial charge >= 0.3 is 6.18 Å². The lowest BCUT2D eigenvalue weighted by molar-refractivity contribution is -0.137. The SMILES string of the molecule is Nc1ccc(Cl)cc1Cc1ccn(-c2cccc(C(F)(F)F)c2)n1. The molecule has 0 atom stereocenters. The molecule has 0 saturated carbocycles. The van der Waals surface area contributed by atoms with Gasteiger partial charge in [-0.25, -0.2) is 4.68 Å². The van der Waals surface area contributed by atoms with Crippen LogP contribution in [0.25, 0.3) is 5.69 Å². The Morgan fingerprint density at radius 1 is 1.08 bits per heavy atom. The molecule has 0 spiro atoms. The number of nitrogens with zero attached hydrogens (tertiary/aromatic N) is 2. The number of aromatic nitrogens is 2. The fraction of sp³-hybridized carbons (Fsp3) is 0.118. The van der Waals surface area contributed by atoms with Crippen LogP contribution in [0.2, 0.25) is 5.02 Å². The number of nitrogens with two attached hydrogens (primary N) is 1. The summed E-state index contributed by atoms with van der Waals surface area (Å²) < 4.78 is 39.8. The average Bonchev–Trinajstić information content (AvgIpc) is 2.99. The molecule has 0 unspecified atom stereocenters. The van der Waals surface area contributed by atoms with Gasteiger partial charge in [-0.1, -0.05) is 17.7 Å². The Labute approximate surface area is 141 Å². The van der Waals surface area contributed by atoms with E-state index in [-0.39, 0.29) is 0 Å². The molecule has 2 N–H and O–H groups in total. The van der Waals surface area contributed by atoms with Gasteiger partial charge in [0.15, 0.2) is 0 Å². The van der Waals surface area contributed by atoms with E-state index < -0.39 is 11.7 Å². The van der Waals surface area contributed by atoms with Gasteiger partial charge in [0.1, 0.15) is 0 Å². The zero-order valence-corrected chi connectivity index (χ0v) is 13.1. The maximum absolute atomic E-state index is 12.8. The number of nitrogen functional groups attached to an aromatic ring is 1. The molecule has 3 rings (SSSR count). The van der Waals surface area contributed by atoms with Gasteiger partial charge in [0.25, 0.3) is 0 Å². The van der Waals surface area contributed by atoms with Gasteiger partial charge in [-0.2, -0.15) is 18.3 Å². The molecule has 7 heteroatoms. The van der Waals surface area contributed by atoms with Gasteiger partial charge in [-0.15, -0.1) is 0 Å². The Balaban J connectivity index is 1.87. The monoisotopic (exact) mass is 351 g/mol. The van der Waals surface area contributed by atoms with Gasteiger partial charge in [0.05, 0.1) is 16.9 Å². The van der Waals surface area contributed by atoms with Crippen LogP contribution < -0.4 is 5.73 Å². The molecule has 0 fully saturated rings. The van der Waals surface area contributed by atoms with Crippen molar-refractivity contribution in [3.8, 4) is 5.69 Å². The zero-order chi connectivity index (χ0) is 17.3. The standard InChI is InChI=1S/C17H13ClF3N3/c18-13-4-5-16(22)11(8-13)9-14-6-7-24(23-14)15-3-1-2-12(10-15)17(19,20)21/h1-8,10H,9,22H2. The van der Waals surface area contributed by atoms with Crippen molar-refractivity contribution in [3.63, 3.8) is 0 Å². The number of hydrogen-bond donors (Lipinski definition) is 1. The first-order valence-electron chi connectivity index (χ1n) is 7.09. The van der Waals surface area contributed by atoms with Crippen LogP contribution in [0.3, 0.4) is 0 Å². The van der Waals surface area contributed by atoms with Crippen molar-refractivity contribution in [1.82, 2.24) is 9.78 Å². The van der Waals surface area contributed by atoms with Gasteiger partial charge in [-0.05, 0) is 48.0 Å². The van der Waals surface area contributed by atoms with E-state index in [0.717, 1.165) is 17.7 Å². The number of alkyl halides is 3. The number of benzene rings is 2. The molecule has 0 saturated heterocycles. The molecular weight excluding hydrogens is 339 g/mol. The van der Waals surface area contributed by atoms with E-state index in [1.807, 2.05) is 0 Å². The maximum atomic E-state index is 12.8. The Morgan fingerprint density at radius 2 is 1.88 bits per heavy atom. The Hall–Kier alpha value is -2.47. The predicted molar refractivity (Wildman–Crippen MR) is 87.2 cm³/mol. The molecule has 1 heterocycles. The van der Waals surface area contributed by atoms with Crippen LogP contribution in [-0.4, -0.2) is 9.78 Å². The molecule has 124 valence electrons. The number of anilines is 1. The van der Waals surface area contributed by atoms with Crippen molar-refractivity contribution in [3.05, 3.63) is 76.6 Å². The summed E-state index contributed by atoms with van der Waals surface area (Å²) in [5.74, 6) is 0. The van der Waals surface area contributed by atoms with Gasteiger partial charge < -0.3 is 5.73 Å². The molecule has 0 aliphatic rings. The lowest BCUT2D eigenvalue weighted by atomic mass is 10.1. The quantitative estimate of drug-likeness (QED) is 0.694. The lowest BCUT2D eigenvalue weighted by Gasteiger charge is -2.08. The highest BCUT2D eigenvalue weighted by atomic mass is 35.5. The second-order valence-electron chi connectivity index (χ2n) is 5.32. The average molecular weight is 352 g/mol. The third kappa shape index (κ3) is 3.54. The Bertz CT molecular complexity index is 872. The van der Waals surface area contributed by atoms with E-state index in [9.17, 15) is 13.2 Å². The Kier molecular flexibility index (Phi) is 4.24. The molecule has 2 aromatic carbocycles. The van der Waals surface area contributed by atoms with E-state index in [4.69, 9.17) is 17.3 Å². The van der Waals surface area contributed by atoms with Gasteiger partial charge in [-0.3, -0.25) is 0 Å². The highest BCUT2D eigenvalue weighted by Crippen LogP contribution is 2.30. The summed E-state index contributed by atoms with van der Waals surface area (Å²) in [7, 11) is 0. The van der Waals surface area contributed by atoms with Crippen molar-refractivity contribution in [2.45, 2.75) is 12.6 Å². The first-order chi connectivity index (χ1) is 11.3. The van der Waals surface area contributed by atoms with Crippen molar-refractivity contribution in [2.24, 2.45) is 0 Å². The summed E-state index contributed by atoms with van der Waals surface area (Å²) in [6, 6.07) is 11.9. The largest absolute Gasteiger partial charge is 0.416 e. The maximum Gasteiger partial charge on any atom is 0.416 e. The van der Waals surface area contributed by atoms with Crippen LogP contribution >= 0.6 is 11.6 Å². The predicted octanol–water partition coefficient (Wildman–Crippen LogP) is 4.72. The smallest absolute Gasteiger partial charge is 0.398 e. The molecule has 0 aliphatic heterocycles. The molecule has 0 bridgehead atoms. The Morgan fingerprint density at radius 3 is 2.62 bits per heavy atom. The van der Waals surface area contributed by atoms with Crippen molar-refractivity contribution < 1.29 is 13.2 Å². The molecule has 3 aromatic rings. The minimum atomic E-state index is -4.39. The fourth-order valence-corrected chi connectivity index (χ4v) is 2.54. The second-order valence-corrected chi connectivity index (χ2v) is 5.76. The van der Waals surface area contributed by atoms with Crippen molar-refractivity contribution >= 4 is 17.3 Å². The molecule has 3 nitrogen and oxygen atoms in total. The fourth-order valence-electron chi connectivity index (χ4n) is 2.35. The molecule has 24 heavy (non-hydrogen) atoms. The molecule has 0 amide bonds. The normalized spacial score (nSPS) is 11.7. The van der Waals surface area contributed by atoms with Crippen LogP contribution in [0.5, 0.6) is 0 Å². The summed E-state index contributed by atoms with van der Waals surface area (Å²) in [4.78, 5) is 0. The highest BCUT2D eigenvalue weighted by Gasteiger charge is 2.30. The van der Waals surface area contributed by atoms with E-state index in [1.165, 1.54) is 10.7 Å². The molecule has 0 aliphatic carbocycles. The number of halogens is 4. The summed E-state index contributed by atoms with van der Waals surface area (Å²) in [5, 5.41) is 4.89. The van der Waals surface area contributed by atoms with Crippen LogP contribution in [0.4, 0.5) is 18.9 Å². The van der Waals surface area contributed by atoms with Crippen LogP contribution in [-0.2, 0) is 12.6 Å². The van der Waals surface area contributed by atoms with Crippen LogP contribution in [0.15, 0.2) is 54.7 Å². The zero-order valence-electron chi connectivity index (χ0n) is 12.4. The van der Waals surface area contributed by atoms with E-state index in [1.54, 1.807) is 36.5 Å². The highest BCUT2D eigenvalue weighted by molar-refractivity contribution is 6.30.